The zero-order valence-corrected chi connectivity index (χ0v) is 20.0. The summed E-state index contributed by atoms with van der Waals surface area (Å²) >= 11 is 0. The highest BCUT2D eigenvalue weighted by molar-refractivity contribution is 6.17. The SMILES string of the molecule is COC(=O)[C@@H]1Cc2c(-c3ccccc3)c(-c3ccccc3)c3ccccc3c2N1C(=O)OC(C)C. The van der Waals surface area contributed by atoms with Gasteiger partial charge in [-0.1, -0.05) is 84.9 Å². The van der Waals surface area contributed by atoms with E-state index in [1.807, 2.05) is 54.6 Å². The highest BCUT2D eigenvalue weighted by Crippen LogP contribution is 2.50. The summed E-state index contributed by atoms with van der Waals surface area (Å²) in [5, 5.41) is 1.90. The Hall–Kier alpha value is -4.12. The molecular formula is C30H27NO4. The van der Waals surface area contributed by atoms with Crippen molar-refractivity contribution >= 4 is 28.5 Å². The largest absolute Gasteiger partial charge is 0.467 e. The Morgan fingerprint density at radius 3 is 1.91 bits per heavy atom. The Kier molecular flexibility index (Phi) is 6.00. The second kappa shape index (κ2) is 9.26. The van der Waals surface area contributed by atoms with Gasteiger partial charge >= 0.3 is 12.1 Å². The molecular weight excluding hydrogens is 438 g/mol. The highest BCUT2D eigenvalue weighted by atomic mass is 16.6. The molecule has 35 heavy (non-hydrogen) atoms. The fourth-order valence-electron chi connectivity index (χ4n) is 5.02. The number of carbonyl (C=O) groups excluding carboxylic acids is 2. The van der Waals surface area contributed by atoms with Crippen LogP contribution in [0.15, 0.2) is 84.9 Å². The van der Waals surface area contributed by atoms with Gasteiger partial charge in [-0.3, -0.25) is 4.90 Å². The summed E-state index contributed by atoms with van der Waals surface area (Å²) < 4.78 is 10.7. The molecule has 5 heteroatoms. The van der Waals surface area contributed by atoms with Crippen molar-refractivity contribution in [2.24, 2.45) is 0 Å². The molecule has 0 bridgehead atoms. The van der Waals surface area contributed by atoms with Crippen LogP contribution in [0.2, 0.25) is 0 Å². The minimum atomic E-state index is -0.807. The van der Waals surface area contributed by atoms with Crippen LogP contribution in [0.3, 0.4) is 0 Å². The lowest BCUT2D eigenvalue weighted by Crippen LogP contribution is -2.44. The molecule has 5 rings (SSSR count). The smallest absolute Gasteiger partial charge is 0.415 e. The molecule has 0 aliphatic carbocycles. The number of nitrogens with zero attached hydrogens (tertiary/aromatic N) is 1. The standard InChI is InChI=1S/C30H27NO4/c1-19(2)35-30(33)31-25(29(32)34-3)18-24-27(21-14-8-5-9-15-21)26(20-12-6-4-7-13-20)22-16-10-11-17-23(22)28(24)31/h4-17,19,25H,18H2,1-3H3/t25-/m0/s1. The number of anilines is 1. The predicted molar refractivity (Wildman–Crippen MR) is 138 cm³/mol. The van der Waals surface area contributed by atoms with Crippen LogP contribution >= 0.6 is 0 Å². The van der Waals surface area contributed by atoms with Crippen LogP contribution in [0, 0.1) is 0 Å². The van der Waals surface area contributed by atoms with E-state index in [1.165, 1.54) is 12.0 Å². The maximum Gasteiger partial charge on any atom is 0.415 e. The second-order valence-corrected chi connectivity index (χ2v) is 8.90. The first-order chi connectivity index (χ1) is 17.0. The summed E-state index contributed by atoms with van der Waals surface area (Å²) in [6.45, 7) is 3.60. The molecule has 4 aromatic carbocycles. The number of ether oxygens (including phenoxy) is 2. The third-order valence-electron chi connectivity index (χ3n) is 6.37. The van der Waals surface area contributed by atoms with E-state index in [0.29, 0.717) is 12.1 Å². The molecule has 1 heterocycles. The molecule has 0 fully saturated rings. The summed E-state index contributed by atoms with van der Waals surface area (Å²) in [4.78, 5) is 27.8. The van der Waals surface area contributed by atoms with E-state index in [4.69, 9.17) is 9.47 Å². The molecule has 1 amide bonds. The van der Waals surface area contributed by atoms with Crippen LogP contribution in [0.1, 0.15) is 19.4 Å². The molecule has 0 saturated heterocycles. The van der Waals surface area contributed by atoms with Crippen molar-refractivity contribution in [2.75, 3.05) is 12.0 Å². The van der Waals surface area contributed by atoms with E-state index in [9.17, 15) is 9.59 Å². The first-order valence-corrected chi connectivity index (χ1v) is 11.8. The quantitative estimate of drug-likeness (QED) is 0.318. The van der Waals surface area contributed by atoms with Gasteiger partial charge in [-0.2, -0.15) is 0 Å². The van der Waals surface area contributed by atoms with Gasteiger partial charge in [0.1, 0.15) is 6.04 Å². The van der Waals surface area contributed by atoms with Gasteiger partial charge in [0, 0.05) is 11.8 Å². The van der Waals surface area contributed by atoms with Crippen molar-refractivity contribution in [2.45, 2.75) is 32.4 Å². The van der Waals surface area contributed by atoms with E-state index in [-0.39, 0.29) is 6.10 Å². The topological polar surface area (TPSA) is 55.8 Å². The van der Waals surface area contributed by atoms with Crippen molar-refractivity contribution in [3.63, 3.8) is 0 Å². The van der Waals surface area contributed by atoms with Crippen molar-refractivity contribution < 1.29 is 19.1 Å². The van der Waals surface area contributed by atoms with Crippen molar-refractivity contribution in [3.8, 4) is 22.3 Å². The maximum atomic E-state index is 13.4. The minimum absolute atomic E-state index is 0.326. The predicted octanol–water partition coefficient (Wildman–Crippen LogP) is 6.62. The van der Waals surface area contributed by atoms with Crippen LogP contribution in [0.4, 0.5) is 10.5 Å². The molecule has 0 aromatic heterocycles. The van der Waals surface area contributed by atoms with Crippen LogP contribution < -0.4 is 4.90 Å². The van der Waals surface area contributed by atoms with Gasteiger partial charge in [-0.05, 0) is 47.1 Å². The summed E-state index contributed by atoms with van der Waals surface area (Å²) in [5.41, 5.74) is 5.83. The zero-order chi connectivity index (χ0) is 24.5. The van der Waals surface area contributed by atoms with Gasteiger partial charge < -0.3 is 9.47 Å². The van der Waals surface area contributed by atoms with E-state index in [1.54, 1.807) is 13.8 Å². The van der Waals surface area contributed by atoms with Gasteiger partial charge in [-0.25, -0.2) is 9.59 Å². The summed E-state index contributed by atoms with van der Waals surface area (Å²) in [5.74, 6) is -0.466. The fraction of sp³-hybridized carbons (Fsp3) is 0.200. The third-order valence-corrected chi connectivity index (χ3v) is 6.37. The summed E-state index contributed by atoms with van der Waals surface area (Å²) in [7, 11) is 1.35. The Morgan fingerprint density at radius 2 is 1.34 bits per heavy atom. The van der Waals surface area contributed by atoms with Crippen molar-refractivity contribution in [3.05, 3.63) is 90.5 Å². The molecule has 1 atom stereocenters. The molecule has 176 valence electrons. The Labute approximate surface area is 204 Å². The van der Waals surface area contributed by atoms with E-state index >= 15 is 0 Å². The Morgan fingerprint density at radius 1 is 0.800 bits per heavy atom. The van der Waals surface area contributed by atoms with Gasteiger partial charge in [0.05, 0.1) is 18.9 Å². The lowest BCUT2D eigenvalue weighted by Gasteiger charge is -2.26. The van der Waals surface area contributed by atoms with Crippen LogP contribution in [-0.2, 0) is 20.7 Å². The summed E-state index contributed by atoms with van der Waals surface area (Å²) in [6.07, 6.45) is -0.538. The van der Waals surface area contributed by atoms with Gasteiger partial charge in [-0.15, -0.1) is 0 Å². The average molecular weight is 466 g/mol. The van der Waals surface area contributed by atoms with E-state index in [0.717, 1.165) is 38.6 Å². The number of methoxy groups -OCH3 is 1. The second-order valence-electron chi connectivity index (χ2n) is 8.90. The van der Waals surface area contributed by atoms with Crippen molar-refractivity contribution in [1.29, 1.82) is 0 Å². The molecule has 5 nitrogen and oxygen atoms in total. The minimum Gasteiger partial charge on any atom is -0.467 e. The number of hydrogen-bond acceptors (Lipinski definition) is 4. The fourth-order valence-corrected chi connectivity index (χ4v) is 5.02. The lowest BCUT2D eigenvalue weighted by molar-refractivity contribution is -0.142. The maximum absolute atomic E-state index is 13.4. The Balaban J connectivity index is 1.90. The van der Waals surface area contributed by atoms with E-state index in [2.05, 4.69) is 30.3 Å². The lowest BCUT2D eigenvalue weighted by atomic mass is 9.84. The number of benzene rings is 4. The number of carbonyl (C=O) groups is 2. The number of fused-ring (bicyclic) bond motifs is 3. The first kappa shape index (κ1) is 22.7. The molecule has 0 N–H and O–H groups in total. The molecule has 4 aromatic rings. The molecule has 1 aliphatic rings. The first-order valence-electron chi connectivity index (χ1n) is 11.8. The monoisotopic (exact) mass is 465 g/mol. The van der Waals surface area contributed by atoms with Crippen molar-refractivity contribution in [1.82, 2.24) is 0 Å². The normalized spacial score (nSPS) is 14.7. The molecule has 0 spiro atoms. The highest BCUT2D eigenvalue weighted by Gasteiger charge is 2.43. The number of hydrogen-bond donors (Lipinski definition) is 0. The average Bonchev–Trinajstić information content (AvgIpc) is 3.29. The van der Waals surface area contributed by atoms with Crippen LogP contribution in [-0.4, -0.2) is 31.3 Å². The van der Waals surface area contributed by atoms with Gasteiger partial charge in [0.15, 0.2) is 0 Å². The van der Waals surface area contributed by atoms with Crippen LogP contribution in [0.25, 0.3) is 33.0 Å². The van der Waals surface area contributed by atoms with E-state index < -0.39 is 18.1 Å². The summed E-state index contributed by atoms with van der Waals surface area (Å²) in [6, 6.07) is 27.6. The number of rotatable bonds is 4. The number of esters is 1. The van der Waals surface area contributed by atoms with Gasteiger partial charge in [0.25, 0.3) is 0 Å². The van der Waals surface area contributed by atoms with Gasteiger partial charge in [0.2, 0.25) is 0 Å². The Bertz CT molecular complexity index is 1400. The molecule has 1 aliphatic heterocycles. The molecule has 0 unspecified atom stereocenters. The molecule has 0 radical (unpaired) electrons. The molecule has 0 saturated carbocycles. The zero-order valence-electron chi connectivity index (χ0n) is 20.0. The van der Waals surface area contributed by atoms with Crippen LogP contribution in [0.5, 0.6) is 0 Å². The number of amides is 1. The third kappa shape index (κ3) is 3.93.